The molecule has 1 aromatic rings. The van der Waals surface area contributed by atoms with E-state index in [9.17, 15) is 5.11 Å². The van der Waals surface area contributed by atoms with Crippen LogP contribution < -0.4 is 5.32 Å². The number of aromatic hydroxyl groups is 1. The second-order valence-corrected chi connectivity index (χ2v) is 5.81. The minimum atomic E-state index is 0.263. The average molecular weight is 271 g/mol. The third-order valence-corrected chi connectivity index (χ3v) is 4.62. The van der Waals surface area contributed by atoms with Gasteiger partial charge in [0.25, 0.3) is 0 Å². The van der Waals surface area contributed by atoms with Crippen molar-refractivity contribution in [1.82, 2.24) is 10.2 Å². The van der Waals surface area contributed by atoms with E-state index in [1.807, 2.05) is 6.07 Å². The van der Waals surface area contributed by atoms with Crippen LogP contribution in [0.25, 0.3) is 0 Å². The number of piperazine rings is 1. The van der Waals surface area contributed by atoms with Crippen LogP contribution in [0.15, 0.2) is 18.2 Å². The Labute approximate surface area is 120 Å². The van der Waals surface area contributed by atoms with Crippen molar-refractivity contribution < 1.29 is 5.11 Å². The first kappa shape index (κ1) is 13.4. The van der Waals surface area contributed by atoms with E-state index in [2.05, 4.69) is 16.3 Å². The van der Waals surface area contributed by atoms with Gasteiger partial charge < -0.3 is 10.4 Å². The second-order valence-electron chi connectivity index (χ2n) is 5.81. The van der Waals surface area contributed by atoms with E-state index < -0.39 is 0 Å². The van der Waals surface area contributed by atoms with Gasteiger partial charge in [-0.2, -0.15) is 5.26 Å². The zero-order chi connectivity index (χ0) is 13.9. The van der Waals surface area contributed by atoms with Crippen LogP contribution in [-0.4, -0.2) is 36.2 Å². The van der Waals surface area contributed by atoms with E-state index in [1.165, 1.54) is 19.3 Å². The highest BCUT2D eigenvalue weighted by molar-refractivity contribution is 5.43. The van der Waals surface area contributed by atoms with Gasteiger partial charge in [0, 0.05) is 37.8 Å². The summed E-state index contributed by atoms with van der Waals surface area (Å²) in [7, 11) is 0. The normalized spacial score (nSPS) is 21.9. The van der Waals surface area contributed by atoms with Crippen molar-refractivity contribution in [3.63, 3.8) is 0 Å². The number of phenolic OH excluding ortho intramolecular Hbond substituents is 1. The molecular formula is C16H21N3O. The molecule has 2 N–H and O–H groups in total. The predicted octanol–water partition coefficient (Wildman–Crippen LogP) is 2.01. The van der Waals surface area contributed by atoms with Crippen molar-refractivity contribution in [2.75, 3.05) is 26.2 Å². The highest BCUT2D eigenvalue weighted by atomic mass is 16.3. The third kappa shape index (κ3) is 2.52. The molecule has 0 amide bonds. The Balaban J connectivity index is 1.93. The van der Waals surface area contributed by atoms with E-state index in [4.69, 9.17) is 5.26 Å². The summed E-state index contributed by atoms with van der Waals surface area (Å²) in [6.07, 6.45) is 3.74. The van der Waals surface area contributed by atoms with Crippen molar-refractivity contribution in [1.29, 1.82) is 5.26 Å². The van der Waals surface area contributed by atoms with Crippen LogP contribution in [0.4, 0.5) is 0 Å². The van der Waals surface area contributed by atoms with Crippen LogP contribution in [0.3, 0.4) is 0 Å². The SMILES string of the molecule is N#Cc1ccc(O)c([C@H](C2CCC2)N2CCNCC2)c1. The van der Waals surface area contributed by atoms with E-state index in [0.717, 1.165) is 31.7 Å². The molecule has 3 rings (SSSR count). The molecule has 0 spiro atoms. The first-order valence-corrected chi connectivity index (χ1v) is 7.47. The standard InChI is InChI=1S/C16H21N3O/c17-11-12-4-5-15(20)14(10-12)16(13-2-1-3-13)19-8-6-18-7-9-19/h4-5,10,13,16,18,20H,1-3,6-9H2/t16-/m0/s1. The lowest BCUT2D eigenvalue weighted by molar-refractivity contribution is 0.0819. The Hall–Kier alpha value is -1.57. The molecule has 1 aliphatic carbocycles. The Kier molecular flexibility index (Phi) is 3.90. The molecule has 0 radical (unpaired) electrons. The molecule has 1 saturated heterocycles. The van der Waals surface area contributed by atoms with E-state index in [1.54, 1.807) is 12.1 Å². The minimum absolute atomic E-state index is 0.263. The first-order chi connectivity index (χ1) is 9.79. The molecule has 0 aromatic heterocycles. The van der Waals surface area contributed by atoms with Gasteiger partial charge in [0.1, 0.15) is 5.75 Å². The molecule has 1 aromatic carbocycles. The highest BCUT2D eigenvalue weighted by Gasteiger charge is 2.35. The van der Waals surface area contributed by atoms with Gasteiger partial charge in [-0.15, -0.1) is 0 Å². The van der Waals surface area contributed by atoms with E-state index >= 15 is 0 Å². The van der Waals surface area contributed by atoms with Crippen molar-refractivity contribution in [3.8, 4) is 11.8 Å². The monoisotopic (exact) mass is 271 g/mol. The van der Waals surface area contributed by atoms with E-state index in [-0.39, 0.29) is 6.04 Å². The molecule has 4 nitrogen and oxygen atoms in total. The maximum absolute atomic E-state index is 10.2. The van der Waals surface area contributed by atoms with E-state index in [0.29, 0.717) is 17.2 Å². The van der Waals surface area contributed by atoms with Crippen LogP contribution in [0.5, 0.6) is 5.75 Å². The fourth-order valence-corrected chi connectivity index (χ4v) is 3.33. The number of nitrogens with zero attached hydrogens (tertiary/aromatic N) is 2. The lowest BCUT2D eigenvalue weighted by Crippen LogP contribution is -2.47. The molecule has 4 heteroatoms. The maximum atomic E-state index is 10.2. The Bertz CT molecular complexity index is 513. The number of benzene rings is 1. The van der Waals surface area contributed by atoms with Gasteiger partial charge in [0.15, 0.2) is 0 Å². The summed E-state index contributed by atoms with van der Waals surface area (Å²) in [5.41, 5.74) is 1.58. The Morgan fingerprint density at radius 3 is 2.65 bits per heavy atom. The second kappa shape index (κ2) is 5.82. The molecule has 2 aliphatic rings. The molecule has 2 fully saturated rings. The average Bonchev–Trinajstić information content (AvgIpc) is 2.44. The molecule has 0 bridgehead atoms. The van der Waals surface area contributed by atoms with Crippen LogP contribution in [0.1, 0.15) is 36.4 Å². The molecule has 106 valence electrons. The molecule has 1 aliphatic heterocycles. The number of nitrogens with one attached hydrogen (secondary N) is 1. The van der Waals surface area contributed by atoms with Gasteiger partial charge in [0.2, 0.25) is 0 Å². The fourth-order valence-electron chi connectivity index (χ4n) is 3.33. The van der Waals surface area contributed by atoms with Gasteiger partial charge in [-0.25, -0.2) is 0 Å². The summed E-state index contributed by atoms with van der Waals surface area (Å²) in [4.78, 5) is 2.47. The summed E-state index contributed by atoms with van der Waals surface area (Å²) in [6.45, 7) is 4.03. The van der Waals surface area contributed by atoms with Crippen molar-refractivity contribution in [2.45, 2.75) is 25.3 Å². The van der Waals surface area contributed by atoms with Crippen LogP contribution in [0.2, 0.25) is 0 Å². The quantitative estimate of drug-likeness (QED) is 0.883. The fraction of sp³-hybridized carbons (Fsp3) is 0.562. The van der Waals surface area contributed by atoms with Crippen LogP contribution in [-0.2, 0) is 0 Å². The van der Waals surface area contributed by atoms with Crippen LogP contribution >= 0.6 is 0 Å². The predicted molar refractivity (Wildman–Crippen MR) is 77.3 cm³/mol. The Morgan fingerprint density at radius 1 is 1.30 bits per heavy atom. The van der Waals surface area contributed by atoms with Gasteiger partial charge in [0.05, 0.1) is 11.6 Å². The largest absolute Gasteiger partial charge is 0.508 e. The molecule has 1 atom stereocenters. The van der Waals surface area contributed by atoms with Crippen LogP contribution in [0, 0.1) is 17.2 Å². The lowest BCUT2D eigenvalue weighted by atomic mass is 9.76. The molecule has 20 heavy (non-hydrogen) atoms. The molecule has 1 saturated carbocycles. The zero-order valence-electron chi connectivity index (χ0n) is 11.7. The van der Waals surface area contributed by atoms with Gasteiger partial charge in [-0.3, -0.25) is 4.90 Å². The molecule has 0 unspecified atom stereocenters. The van der Waals surface area contributed by atoms with Gasteiger partial charge >= 0.3 is 0 Å². The number of phenols is 1. The minimum Gasteiger partial charge on any atom is -0.508 e. The van der Waals surface area contributed by atoms with Crippen molar-refractivity contribution in [2.24, 2.45) is 5.92 Å². The number of nitriles is 1. The first-order valence-electron chi connectivity index (χ1n) is 7.47. The highest BCUT2D eigenvalue weighted by Crippen LogP contribution is 2.44. The van der Waals surface area contributed by atoms with Crippen molar-refractivity contribution in [3.05, 3.63) is 29.3 Å². The maximum Gasteiger partial charge on any atom is 0.120 e. The molecule has 1 heterocycles. The van der Waals surface area contributed by atoms with Gasteiger partial charge in [-0.1, -0.05) is 6.42 Å². The summed E-state index contributed by atoms with van der Waals surface area (Å²) >= 11 is 0. The number of rotatable bonds is 3. The summed E-state index contributed by atoms with van der Waals surface area (Å²) in [5.74, 6) is 0.951. The summed E-state index contributed by atoms with van der Waals surface area (Å²) in [6, 6.07) is 7.68. The molecular weight excluding hydrogens is 250 g/mol. The number of hydrogen-bond donors (Lipinski definition) is 2. The summed E-state index contributed by atoms with van der Waals surface area (Å²) in [5, 5.41) is 22.7. The Morgan fingerprint density at radius 2 is 2.05 bits per heavy atom. The topological polar surface area (TPSA) is 59.3 Å². The lowest BCUT2D eigenvalue weighted by Gasteiger charge is -2.43. The summed E-state index contributed by atoms with van der Waals surface area (Å²) < 4.78 is 0. The van der Waals surface area contributed by atoms with Gasteiger partial charge in [-0.05, 0) is 37.0 Å². The smallest absolute Gasteiger partial charge is 0.120 e. The third-order valence-electron chi connectivity index (χ3n) is 4.62. The van der Waals surface area contributed by atoms with Crippen molar-refractivity contribution >= 4 is 0 Å². The number of hydrogen-bond acceptors (Lipinski definition) is 4. The zero-order valence-corrected chi connectivity index (χ0v) is 11.7.